The van der Waals surface area contributed by atoms with E-state index in [0.717, 1.165) is 33.8 Å². The van der Waals surface area contributed by atoms with Crippen LogP contribution in [0.1, 0.15) is 45.6 Å². The van der Waals surface area contributed by atoms with E-state index in [1.807, 2.05) is 133 Å². The first kappa shape index (κ1) is 33.6. The van der Waals surface area contributed by atoms with E-state index in [1.54, 1.807) is 36.4 Å². The summed E-state index contributed by atoms with van der Waals surface area (Å²) in [6.07, 6.45) is 6.73. The Morgan fingerprint density at radius 2 is 1.20 bits per heavy atom. The van der Waals surface area contributed by atoms with Crippen molar-refractivity contribution in [3.8, 4) is 0 Å². The molecule has 5 aromatic rings. The monoisotopic (exact) mass is 649 g/mol. The minimum absolute atomic E-state index is 0.0866. The number of carbonyl (C=O) groups is 1. The van der Waals surface area contributed by atoms with Gasteiger partial charge in [-0.1, -0.05) is 72.8 Å². The maximum Gasteiger partial charge on any atom is 0.365 e. The Bertz CT molecular complexity index is 1970. The maximum atomic E-state index is 11.8. The van der Waals surface area contributed by atoms with Gasteiger partial charge in [-0.25, -0.2) is 5.41 Å². The Hall–Kier alpha value is -6.74. The molecule has 1 unspecified atom stereocenters. The second kappa shape index (κ2) is 16.2. The molecule has 7 N–H and O–H groups in total. The highest BCUT2D eigenvalue weighted by Gasteiger charge is 2.16. The van der Waals surface area contributed by atoms with Crippen LogP contribution < -0.4 is 21.9 Å². The Kier molecular flexibility index (Phi) is 11.1. The standard InChI is InChI=1S/C40H36N6O3/c1-28(48-38(45-44)27-13-30-10-6-3-7-11-30)31-14-20-34(21-15-31)46(35-22-16-32(17-23-35)39(42)47)36-24-18-33(19-25-36)40(43)49-37(41)26-12-29-8-4-2-5-9-29/h2-28,41,43H,44H2,1H3,(H2,42,47)/p+1/b26-12+,27-13+,41-37?,43-40?,45-38-. The molecule has 244 valence electrons. The Balaban J connectivity index is 1.34. The molecular weight excluding hydrogens is 612 g/mol. The zero-order valence-corrected chi connectivity index (χ0v) is 26.9. The number of carbonyl (C=O) groups excluding carboxylic acids is 1. The highest BCUT2D eigenvalue weighted by Crippen LogP contribution is 2.35. The molecule has 0 aromatic heterocycles. The van der Waals surface area contributed by atoms with E-state index in [2.05, 4.69) is 5.10 Å². The van der Waals surface area contributed by atoms with Crippen LogP contribution in [-0.2, 0) is 9.47 Å². The third-order valence-corrected chi connectivity index (χ3v) is 7.52. The number of benzene rings is 5. The van der Waals surface area contributed by atoms with Gasteiger partial charge in [-0.3, -0.25) is 10.2 Å². The number of nitrogens with one attached hydrogen (secondary N) is 1. The van der Waals surface area contributed by atoms with Crippen LogP contribution in [-0.4, -0.2) is 23.6 Å². The van der Waals surface area contributed by atoms with Gasteiger partial charge >= 0.3 is 5.90 Å². The van der Waals surface area contributed by atoms with Crippen LogP contribution in [0.15, 0.2) is 151 Å². The number of nitrogens with two attached hydrogens (primary N) is 3. The fourth-order valence-corrected chi connectivity index (χ4v) is 4.93. The molecule has 9 heteroatoms. The molecule has 0 spiro atoms. The van der Waals surface area contributed by atoms with Gasteiger partial charge in [-0.15, -0.1) is 5.10 Å². The summed E-state index contributed by atoms with van der Waals surface area (Å²) in [5.74, 6) is 5.43. The number of nitrogens with zero attached hydrogens (tertiary/aromatic N) is 2. The highest BCUT2D eigenvalue weighted by molar-refractivity contribution is 6.02. The van der Waals surface area contributed by atoms with Gasteiger partial charge in [-0.05, 0) is 96.4 Å². The lowest BCUT2D eigenvalue weighted by molar-refractivity contribution is -0.130. The van der Waals surface area contributed by atoms with Crippen molar-refractivity contribution in [2.45, 2.75) is 13.0 Å². The fourth-order valence-electron chi connectivity index (χ4n) is 4.93. The summed E-state index contributed by atoms with van der Waals surface area (Å²) in [5, 5.41) is 18.3. The number of rotatable bonds is 11. The third-order valence-electron chi connectivity index (χ3n) is 7.52. The first-order valence-electron chi connectivity index (χ1n) is 15.5. The number of anilines is 3. The van der Waals surface area contributed by atoms with Crippen molar-refractivity contribution in [1.29, 1.82) is 5.41 Å². The number of hydrogen-bond acceptors (Lipinski definition) is 7. The number of hydrazone groups is 1. The number of ether oxygens (including phenoxy) is 2. The van der Waals surface area contributed by atoms with E-state index in [0.29, 0.717) is 17.0 Å². The lowest BCUT2D eigenvalue weighted by Gasteiger charge is -2.26. The molecular formula is C40H37N6O3+. The van der Waals surface area contributed by atoms with Crippen LogP contribution >= 0.6 is 0 Å². The molecule has 0 saturated heterocycles. The number of amides is 1. The van der Waals surface area contributed by atoms with Crippen LogP contribution in [0, 0.1) is 5.41 Å². The van der Waals surface area contributed by atoms with Crippen LogP contribution in [0.4, 0.5) is 17.1 Å². The first-order chi connectivity index (χ1) is 23.8. The Morgan fingerprint density at radius 1 is 0.735 bits per heavy atom. The summed E-state index contributed by atoms with van der Waals surface area (Å²) in [7, 11) is 0. The smallest absolute Gasteiger partial charge is 0.365 e. The average molecular weight is 650 g/mol. The van der Waals surface area contributed by atoms with Gasteiger partial charge in [0, 0.05) is 34.3 Å². The molecule has 49 heavy (non-hydrogen) atoms. The molecule has 0 aliphatic rings. The lowest BCUT2D eigenvalue weighted by atomic mass is 10.1. The summed E-state index contributed by atoms with van der Waals surface area (Å²) in [6.45, 7) is 1.92. The molecule has 0 heterocycles. The highest BCUT2D eigenvalue weighted by atomic mass is 16.5. The summed E-state index contributed by atoms with van der Waals surface area (Å²) in [6, 6.07) is 41.8. The van der Waals surface area contributed by atoms with Crippen molar-refractivity contribution in [2.75, 3.05) is 4.90 Å². The summed E-state index contributed by atoms with van der Waals surface area (Å²) in [5.41, 5.74) is 11.8. The van der Waals surface area contributed by atoms with E-state index >= 15 is 0 Å². The zero-order chi connectivity index (χ0) is 34.6. The molecule has 0 aliphatic heterocycles. The van der Waals surface area contributed by atoms with E-state index in [9.17, 15) is 4.79 Å². The predicted molar refractivity (Wildman–Crippen MR) is 197 cm³/mol. The van der Waals surface area contributed by atoms with Crippen LogP contribution in [0.5, 0.6) is 0 Å². The zero-order valence-electron chi connectivity index (χ0n) is 26.9. The largest absolute Gasteiger partial charge is 0.469 e. The van der Waals surface area contributed by atoms with Gasteiger partial charge in [0.15, 0.2) is 0 Å². The lowest BCUT2D eigenvalue weighted by Crippen LogP contribution is -2.41. The molecule has 5 rings (SSSR count). The van der Waals surface area contributed by atoms with E-state index in [1.165, 1.54) is 0 Å². The summed E-state index contributed by atoms with van der Waals surface area (Å²) >= 11 is 0. The van der Waals surface area contributed by atoms with Crippen molar-refractivity contribution >= 4 is 52.8 Å². The quantitative estimate of drug-likeness (QED) is 0.0555. The van der Waals surface area contributed by atoms with Crippen molar-refractivity contribution in [1.82, 2.24) is 0 Å². The molecule has 1 amide bonds. The van der Waals surface area contributed by atoms with Gasteiger partial charge < -0.3 is 25.9 Å². The molecule has 1 atom stereocenters. The molecule has 0 saturated carbocycles. The van der Waals surface area contributed by atoms with Gasteiger partial charge in [0.1, 0.15) is 6.10 Å². The predicted octanol–water partition coefficient (Wildman–Crippen LogP) is 6.53. The van der Waals surface area contributed by atoms with Crippen LogP contribution in [0.2, 0.25) is 0 Å². The summed E-state index contributed by atoms with van der Waals surface area (Å²) < 4.78 is 11.6. The normalized spacial score (nSPS) is 12.1. The second-order valence-electron chi connectivity index (χ2n) is 10.9. The maximum absolute atomic E-state index is 11.8. The number of hydrogen-bond donors (Lipinski definition) is 4. The van der Waals surface area contributed by atoms with Gasteiger partial charge in [0.05, 0.1) is 6.08 Å². The second-order valence-corrected chi connectivity index (χ2v) is 10.9. The van der Waals surface area contributed by atoms with Crippen molar-refractivity contribution in [3.63, 3.8) is 0 Å². The van der Waals surface area contributed by atoms with E-state index in [4.69, 9.17) is 31.9 Å². The average Bonchev–Trinajstić information content (AvgIpc) is 3.14. The molecule has 5 aromatic carbocycles. The number of primary amides is 1. The Morgan fingerprint density at radius 3 is 1.69 bits per heavy atom. The summed E-state index contributed by atoms with van der Waals surface area (Å²) in [4.78, 5) is 13.8. The SMILES string of the molecule is CC(OC(/C=C/c1ccccc1)=N\N)c1ccc(N(c2ccc(C(=N)OC(=[NH2+])/C=C/c3ccccc3)cc2)c2ccc(C(N)=O)cc2)cc1. The van der Waals surface area contributed by atoms with Crippen molar-refractivity contribution in [3.05, 3.63) is 173 Å². The molecule has 0 radical (unpaired) electrons. The first-order valence-corrected chi connectivity index (χ1v) is 15.5. The molecule has 0 fully saturated rings. The van der Waals surface area contributed by atoms with Crippen LogP contribution in [0.3, 0.4) is 0 Å². The Labute approximate surface area is 285 Å². The molecule has 0 aliphatic carbocycles. The minimum Gasteiger partial charge on any atom is -0.469 e. The topological polar surface area (TPSA) is 153 Å². The third kappa shape index (κ3) is 9.17. The van der Waals surface area contributed by atoms with Crippen LogP contribution in [0.25, 0.3) is 12.2 Å². The van der Waals surface area contributed by atoms with Gasteiger partial charge in [0.2, 0.25) is 17.7 Å². The van der Waals surface area contributed by atoms with E-state index < -0.39 is 5.91 Å². The minimum atomic E-state index is -0.506. The molecule has 9 nitrogen and oxygen atoms in total. The van der Waals surface area contributed by atoms with E-state index in [-0.39, 0.29) is 17.9 Å². The fraction of sp³-hybridized carbons (Fsp3) is 0.0500. The van der Waals surface area contributed by atoms with Gasteiger partial charge in [0.25, 0.3) is 0 Å². The molecule has 0 bridgehead atoms. The van der Waals surface area contributed by atoms with Gasteiger partial charge in [-0.2, -0.15) is 0 Å². The van der Waals surface area contributed by atoms with Crippen molar-refractivity contribution < 1.29 is 19.7 Å². The van der Waals surface area contributed by atoms with Crippen molar-refractivity contribution in [2.24, 2.45) is 16.7 Å².